The zero-order chi connectivity index (χ0) is 21.2. The van der Waals surface area contributed by atoms with E-state index in [1.165, 1.54) is 0 Å². The van der Waals surface area contributed by atoms with Gasteiger partial charge >= 0.3 is 0 Å². The number of unbranched alkanes of at least 4 members (excludes halogenated alkanes) is 1. The number of ether oxygens (including phenoxy) is 3. The highest BCUT2D eigenvalue weighted by atomic mass is 32.1. The van der Waals surface area contributed by atoms with E-state index in [1.807, 2.05) is 30.3 Å². The van der Waals surface area contributed by atoms with Gasteiger partial charge in [-0.2, -0.15) is 0 Å². The Labute approximate surface area is 182 Å². The van der Waals surface area contributed by atoms with E-state index in [0.29, 0.717) is 36.0 Å². The van der Waals surface area contributed by atoms with E-state index < -0.39 is 0 Å². The van der Waals surface area contributed by atoms with Crippen LogP contribution < -0.4 is 20.1 Å². The van der Waals surface area contributed by atoms with Crippen LogP contribution in [0.4, 0.5) is 5.69 Å². The van der Waals surface area contributed by atoms with Gasteiger partial charge < -0.3 is 19.5 Å². The molecule has 1 aliphatic rings. The molecule has 0 spiro atoms. The van der Waals surface area contributed by atoms with Crippen LogP contribution in [0.25, 0.3) is 0 Å². The zero-order valence-corrected chi connectivity index (χ0v) is 18.0. The molecular formula is C23H28N2O4S. The molecule has 0 bridgehead atoms. The number of nitrogens with one attached hydrogen (secondary N) is 2. The van der Waals surface area contributed by atoms with Crippen LogP contribution in [0, 0.1) is 0 Å². The van der Waals surface area contributed by atoms with E-state index in [9.17, 15) is 4.79 Å². The lowest BCUT2D eigenvalue weighted by Crippen LogP contribution is -2.34. The van der Waals surface area contributed by atoms with Crippen molar-refractivity contribution in [2.24, 2.45) is 0 Å². The number of amides is 1. The lowest BCUT2D eigenvalue weighted by Gasteiger charge is -2.16. The molecular weight excluding hydrogens is 400 g/mol. The molecule has 2 N–H and O–H groups in total. The van der Waals surface area contributed by atoms with Gasteiger partial charge in [-0.15, -0.1) is 0 Å². The van der Waals surface area contributed by atoms with E-state index in [2.05, 4.69) is 17.6 Å². The van der Waals surface area contributed by atoms with E-state index in [0.717, 1.165) is 32.3 Å². The fourth-order valence-corrected chi connectivity index (χ4v) is 3.29. The van der Waals surface area contributed by atoms with Crippen molar-refractivity contribution in [1.29, 1.82) is 0 Å². The number of benzene rings is 2. The van der Waals surface area contributed by atoms with Crippen LogP contribution in [0.1, 0.15) is 43.0 Å². The minimum atomic E-state index is -0.322. The third-order valence-electron chi connectivity index (χ3n) is 4.70. The molecule has 1 atom stereocenters. The first-order chi connectivity index (χ1) is 14.7. The maximum atomic E-state index is 12.7. The number of carbonyl (C=O) groups is 1. The van der Waals surface area contributed by atoms with Crippen LogP contribution in [-0.2, 0) is 4.74 Å². The lowest BCUT2D eigenvalue weighted by molar-refractivity contribution is 0.0682. The molecule has 6 nitrogen and oxygen atoms in total. The van der Waals surface area contributed by atoms with Crippen LogP contribution >= 0.6 is 12.2 Å². The number of para-hydroxylation sites is 3. The first-order valence-electron chi connectivity index (χ1n) is 10.3. The molecule has 0 saturated carbocycles. The largest absolute Gasteiger partial charge is 0.493 e. The topological polar surface area (TPSA) is 68.8 Å². The first kappa shape index (κ1) is 22.1. The Bertz CT molecular complexity index is 853. The summed E-state index contributed by atoms with van der Waals surface area (Å²) in [5.41, 5.74) is 1.13. The maximum Gasteiger partial charge on any atom is 0.261 e. The molecule has 1 heterocycles. The SMILES string of the molecule is CCCCOc1ccccc1C(=O)NC(=S)Nc1ccccc1OCC1CCCO1. The summed E-state index contributed by atoms with van der Waals surface area (Å²) >= 11 is 5.35. The molecule has 1 aliphatic heterocycles. The Kier molecular flexibility index (Phi) is 8.47. The quantitative estimate of drug-likeness (QED) is 0.451. The van der Waals surface area contributed by atoms with Crippen LogP contribution in [0.15, 0.2) is 48.5 Å². The molecule has 0 aliphatic carbocycles. The molecule has 3 rings (SSSR count). The minimum absolute atomic E-state index is 0.119. The van der Waals surface area contributed by atoms with Crippen LogP contribution in [-0.4, -0.2) is 36.9 Å². The summed E-state index contributed by atoms with van der Waals surface area (Å²) in [5.74, 6) is 0.886. The smallest absolute Gasteiger partial charge is 0.261 e. The molecule has 2 aromatic carbocycles. The van der Waals surface area contributed by atoms with Gasteiger partial charge in [-0.05, 0) is 55.7 Å². The van der Waals surface area contributed by atoms with Gasteiger partial charge in [0.1, 0.15) is 18.1 Å². The number of thiocarbonyl (C=S) groups is 1. The van der Waals surface area contributed by atoms with E-state index in [4.69, 9.17) is 26.4 Å². The Morgan fingerprint density at radius 2 is 1.90 bits per heavy atom. The highest BCUT2D eigenvalue weighted by molar-refractivity contribution is 7.80. The number of anilines is 1. The number of hydrogen-bond donors (Lipinski definition) is 2. The normalized spacial score (nSPS) is 15.4. The third-order valence-corrected chi connectivity index (χ3v) is 4.90. The molecule has 2 aromatic rings. The highest BCUT2D eigenvalue weighted by Gasteiger charge is 2.18. The molecule has 0 aromatic heterocycles. The maximum absolute atomic E-state index is 12.7. The molecule has 0 radical (unpaired) electrons. The zero-order valence-electron chi connectivity index (χ0n) is 17.2. The molecule has 7 heteroatoms. The third kappa shape index (κ3) is 6.43. The van der Waals surface area contributed by atoms with Gasteiger partial charge in [0.2, 0.25) is 0 Å². The van der Waals surface area contributed by atoms with Gasteiger partial charge in [0.25, 0.3) is 5.91 Å². The standard InChI is InChI=1S/C23H28N2O4S/c1-2-3-14-28-20-12-6-4-10-18(20)22(26)25-23(30)24-19-11-5-7-13-21(19)29-16-17-9-8-15-27-17/h4-7,10-13,17H,2-3,8-9,14-16H2,1H3,(H2,24,25,26,30). The van der Waals surface area contributed by atoms with Gasteiger partial charge in [0.15, 0.2) is 5.11 Å². The van der Waals surface area contributed by atoms with Gasteiger partial charge in [-0.25, -0.2) is 0 Å². The van der Waals surface area contributed by atoms with Gasteiger partial charge in [0, 0.05) is 6.61 Å². The summed E-state index contributed by atoms with van der Waals surface area (Å²) in [4.78, 5) is 12.7. The van der Waals surface area contributed by atoms with Crippen molar-refractivity contribution in [2.45, 2.75) is 38.7 Å². The second kappa shape index (κ2) is 11.5. The lowest BCUT2D eigenvalue weighted by atomic mass is 10.2. The van der Waals surface area contributed by atoms with Gasteiger partial charge in [-0.1, -0.05) is 37.6 Å². The summed E-state index contributed by atoms with van der Waals surface area (Å²) in [6, 6.07) is 14.6. The predicted octanol–water partition coefficient (Wildman–Crippen LogP) is 4.55. The van der Waals surface area contributed by atoms with Crippen molar-refractivity contribution in [3.63, 3.8) is 0 Å². The second-order valence-electron chi connectivity index (χ2n) is 7.05. The predicted molar refractivity (Wildman–Crippen MR) is 121 cm³/mol. The Balaban J connectivity index is 1.58. The van der Waals surface area contributed by atoms with E-state index in [-0.39, 0.29) is 17.1 Å². The van der Waals surface area contributed by atoms with Crippen molar-refractivity contribution in [3.05, 3.63) is 54.1 Å². The summed E-state index contributed by atoms with van der Waals surface area (Å²) in [5, 5.41) is 5.96. The van der Waals surface area contributed by atoms with Crippen molar-refractivity contribution in [1.82, 2.24) is 5.32 Å². The van der Waals surface area contributed by atoms with E-state index >= 15 is 0 Å². The van der Waals surface area contributed by atoms with Crippen molar-refractivity contribution >= 4 is 28.9 Å². The second-order valence-corrected chi connectivity index (χ2v) is 7.46. The monoisotopic (exact) mass is 428 g/mol. The number of rotatable bonds is 9. The molecule has 30 heavy (non-hydrogen) atoms. The molecule has 1 fully saturated rings. The molecule has 1 saturated heterocycles. The Morgan fingerprint density at radius 3 is 2.67 bits per heavy atom. The number of hydrogen-bond acceptors (Lipinski definition) is 5. The molecule has 1 unspecified atom stereocenters. The van der Waals surface area contributed by atoms with Gasteiger partial charge in [-0.3, -0.25) is 10.1 Å². The summed E-state index contributed by atoms with van der Waals surface area (Å²) in [6.07, 6.45) is 4.14. The Morgan fingerprint density at radius 1 is 1.13 bits per heavy atom. The van der Waals surface area contributed by atoms with Crippen LogP contribution in [0.5, 0.6) is 11.5 Å². The van der Waals surface area contributed by atoms with Crippen LogP contribution in [0.3, 0.4) is 0 Å². The fraction of sp³-hybridized carbons (Fsp3) is 0.391. The van der Waals surface area contributed by atoms with E-state index in [1.54, 1.807) is 18.2 Å². The highest BCUT2D eigenvalue weighted by Crippen LogP contribution is 2.25. The summed E-state index contributed by atoms with van der Waals surface area (Å²) in [6.45, 7) is 3.93. The van der Waals surface area contributed by atoms with Gasteiger partial charge in [0.05, 0.1) is 24.0 Å². The van der Waals surface area contributed by atoms with Crippen molar-refractivity contribution in [2.75, 3.05) is 25.1 Å². The molecule has 1 amide bonds. The fourth-order valence-electron chi connectivity index (χ4n) is 3.08. The van der Waals surface area contributed by atoms with Crippen LogP contribution in [0.2, 0.25) is 0 Å². The first-order valence-corrected chi connectivity index (χ1v) is 10.8. The molecule has 160 valence electrons. The number of carbonyl (C=O) groups excluding carboxylic acids is 1. The Hall–Kier alpha value is -2.64. The average molecular weight is 429 g/mol. The summed E-state index contributed by atoms with van der Waals surface area (Å²) in [7, 11) is 0. The van der Waals surface area contributed by atoms with Crippen molar-refractivity contribution in [3.8, 4) is 11.5 Å². The summed E-state index contributed by atoms with van der Waals surface area (Å²) < 4.78 is 17.3. The average Bonchev–Trinajstić information content (AvgIpc) is 3.27. The van der Waals surface area contributed by atoms with Crippen molar-refractivity contribution < 1.29 is 19.0 Å². The minimum Gasteiger partial charge on any atom is -0.493 e.